The summed E-state index contributed by atoms with van der Waals surface area (Å²) in [5.41, 5.74) is 1.91. The molecular formula is C21H22N2O5. The Kier molecular flexibility index (Phi) is 5.35. The molecule has 1 aromatic heterocycles. The van der Waals surface area contributed by atoms with Crippen molar-refractivity contribution in [1.29, 1.82) is 0 Å². The van der Waals surface area contributed by atoms with Crippen LogP contribution in [0.2, 0.25) is 0 Å². The van der Waals surface area contributed by atoms with Gasteiger partial charge in [-0.3, -0.25) is 4.79 Å². The maximum atomic E-state index is 13.1. The average Bonchev–Trinajstić information content (AvgIpc) is 3.04. The molecule has 0 amide bonds. The molecular weight excluding hydrogens is 360 g/mol. The van der Waals surface area contributed by atoms with Gasteiger partial charge in [-0.1, -0.05) is 18.2 Å². The smallest absolute Gasteiger partial charge is 0.335 e. The fourth-order valence-corrected chi connectivity index (χ4v) is 3.52. The van der Waals surface area contributed by atoms with E-state index in [1.807, 2.05) is 41.9 Å². The van der Waals surface area contributed by atoms with Gasteiger partial charge in [0.2, 0.25) is 0 Å². The van der Waals surface area contributed by atoms with Gasteiger partial charge in [-0.2, -0.15) is 0 Å². The van der Waals surface area contributed by atoms with Crippen molar-refractivity contribution in [2.24, 2.45) is 13.0 Å². The lowest BCUT2D eigenvalue weighted by molar-refractivity contribution is -0.137. The molecule has 0 saturated carbocycles. The minimum Gasteiger partial charge on any atom is -0.466 e. The Morgan fingerprint density at radius 3 is 2.07 bits per heavy atom. The van der Waals surface area contributed by atoms with Gasteiger partial charge in [-0.05, 0) is 12.1 Å². The predicted molar refractivity (Wildman–Crippen MR) is 103 cm³/mol. The number of carbonyl (C=O) groups excluding carboxylic acids is 3. The van der Waals surface area contributed by atoms with E-state index in [0.717, 1.165) is 10.9 Å². The number of benzene rings is 1. The van der Waals surface area contributed by atoms with Crippen molar-refractivity contribution in [2.75, 3.05) is 21.3 Å². The maximum absolute atomic E-state index is 13.1. The summed E-state index contributed by atoms with van der Waals surface area (Å²) in [6, 6.07) is 9.49. The Hall–Kier alpha value is -3.35. The molecule has 2 heterocycles. The van der Waals surface area contributed by atoms with E-state index in [9.17, 15) is 14.4 Å². The van der Waals surface area contributed by atoms with E-state index in [1.165, 1.54) is 14.2 Å². The second-order valence-corrected chi connectivity index (χ2v) is 6.64. The van der Waals surface area contributed by atoms with Crippen LogP contribution >= 0.6 is 0 Å². The first-order valence-corrected chi connectivity index (χ1v) is 8.77. The van der Waals surface area contributed by atoms with Gasteiger partial charge in [-0.25, -0.2) is 9.59 Å². The van der Waals surface area contributed by atoms with Gasteiger partial charge in [0.25, 0.3) is 0 Å². The summed E-state index contributed by atoms with van der Waals surface area (Å²) in [6.07, 6.45) is 3.08. The molecule has 28 heavy (non-hydrogen) atoms. The second kappa shape index (κ2) is 7.72. The molecule has 1 aromatic carbocycles. The number of aromatic nitrogens is 1. The van der Waals surface area contributed by atoms with Gasteiger partial charge in [0, 0.05) is 49.7 Å². The number of carbonyl (C=O) groups is 3. The summed E-state index contributed by atoms with van der Waals surface area (Å²) < 4.78 is 11.5. The van der Waals surface area contributed by atoms with Crippen LogP contribution in [-0.2, 0) is 26.1 Å². The number of fused-ring (bicyclic) bond motifs is 1. The Balaban J connectivity index is 1.99. The molecule has 0 atom stereocenters. The number of hydrogen-bond donors (Lipinski definition) is 0. The number of nitrogens with zero attached hydrogens (tertiary/aromatic N) is 2. The number of methoxy groups -OCH3 is 2. The average molecular weight is 382 g/mol. The van der Waals surface area contributed by atoms with Crippen molar-refractivity contribution in [3.63, 3.8) is 0 Å². The van der Waals surface area contributed by atoms with E-state index in [2.05, 4.69) is 0 Å². The first kappa shape index (κ1) is 19.4. The Morgan fingerprint density at radius 2 is 1.54 bits per heavy atom. The number of esters is 2. The van der Waals surface area contributed by atoms with Crippen LogP contribution in [0.4, 0.5) is 0 Å². The third kappa shape index (κ3) is 3.43. The van der Waals surface area contributed by atoms with Crippen LogP contribution in [0.15, 0.2) is 53.9 Å². The van der Waals surface area contributed by atoms with Crippen LogP contribution in [0.5, 0.6) is 0 Å². The molecule has 0 unspecified atom stereocenters. The summed E-state index contributed by atoms with van der Waals surface area (Å²) >= 11 is 0. The summed E-state index contributed by atoms with van der Waals surface area (Å²) in [4.78, 5) is 39.3. The standard InChI is InChI=1S/C21H22N2O5/c1-22-11-15(20(25)27-3)14(16(12-22)21(26)28-4)10-19(24)18-9-13-7-5-6-8-17(13)23(18)2/h5-9,11-12,14H,10H2,1-4H3. The first-order chi connectivity index (χ1) is 13.4. The summed E-state index contributed by atoms with van der Waals surface area (Å²) in [5.74, 6) is -2.10. The lowest BCUT2D eigenvalue weighted by atomic mass is 9.84. The van der Waals surface area contributed by atoms with Gasteiger partial charge in [0.05, 0.1) is 31.1 Å². The fourth-order valence-electron chi connectivity index (χ4n) is 3.52. The lowest BCUT2D eigenvalue weighted by Crippen LogP contribution is -2.30. The number of hydrogen-bond acceptors (Lipinski definition) is 6. The largest absolute Gasteiger partial charge is 0.466 e. The Labute approximate surface area is 162 Å². The Bertz CT molecular complexity index is 981. The van der Waals surface area contributed by atoms with Gasteiger partial charge in [-0.15, -0.1) is 0 Å². The highest BCUT2D eigenvalue weighted by Gasteiger charge is 2.35. The van der Waals surface area contributed by atoms with Crippen LogP contribution in [0.1, 0.15) is 16.9 Å². The number of Topliss-reactive ketones (excluding diaryl/α,β-unsaturated/α-hetero) is 1. The molecule has 1 aliphatic heterocycles. The maximum Gasteiger partial charge on any atom is 0.335 e. The normalized spacial score (nSPS) is 14.5. The molecule has 0 radical (unpaired) electrons. The monoisotopic (exact) mass is 382 g/mol. The molecule has 0 bridgehead atoms. The number of aryl methyl sites for hydroxylation is 1. The van der Waals surface area contributed by atoms with Crippen LogP contribution in [0.25, 0.3) is 10.9 Å². The van der Waals surface area contributed by atoms with Crippen molar-refractivity contribution in [3.05, 3.63) is 59.6 Å². The molecule has 0 spiro atoms. The minimum atomic E-state index is -0.749. The SMILES string of the molecule is COC(=O)C1=CN(C)C=C(C(=O)OC)C1CC(=O)c1cc2ccccc2n1C. The summed E-state index contributed by atoms with van der Waals surface area (Å²) in [7, 11) is 6.04. The van der Waals surface area contributed by atoms with E-state index in [-0.39, 0.29) is 23.4 Å². The number of ether oxygens (including phenoxy) is 2. The van der Waals surface area contributed by atoms with Crippen LogP contribution in [0.3, 0.4) is 0 Å². The highest BCUT2D eigenvalue weighted by molar-refractivity contribution is 6.03. The van der Waals surface area contributed by atoms with Crippen LogP contribution in [0, 0.1) is 5.92 Å². The number of rotatable bonds is 5. The molecule has 0 fully saturated rings. The molecule has 7 heteroatoms. The van der Waals surface area contributed by atoms with Crippen molar-refractivity contribution in [1.82, 2.24) is 9.47 Å². The quantitative estimate of drug-likeness (QED) is 0.584. The van der Waals surface area contributed by atoms with Crippen molar-refractivity contribution < 1.29 is 23.9 Å². The van der Waals surface area contributed by atoms with Gasteiger partial charge in [0.15, 0.2) is 5.78 Å². The summed E-state index contributed by atoms with van der Waals surface area (Å²) in [5, 5.41) is 0.948. The van der Waals surface area contributed by atoms with Crippen molar-refractivity contribution in [3.8, 4) is 0 Å². The van der Waals surface area contributed by atoms with E-state index in [1.54, 1.807) is 24.3 Å². The molecule has 0 saturated heterocycles. The van der Waals surface area contributed by atoms with E-state index < -0.39 is 17.9 Å². The van der Waals surface area contributed by atoms with Gasteiger partial charge >= 0.3 is 11.9 Å². The lowest BCUT2D eigenvalue weighted by Gasteiger charge is -2.27. The number of para-hydroxylation sites is 1. The highest BCUT2D eigenvalue weighted by Crippen LogP contribution is 2.32. The highest BCUT2D eigenvalue weighted by atomic mass is 16.5. The zero-order chi connectivity index (χ0) is 20.4. The van der Waals surface area contributed by atoms with E-state index >= 15 is 0 Å². The predicted octanol–water partition coefficient (Wildman–Crippen LogP) is 2.43. The fraction of sp³-hybridized carbons (Fsp3) is 0.286. The first-order valence-electron chi connectivity index (χ1n) is 8.77. The van der Waals surface area contributed by atoms with Gasteiger partial charge in [0.1, 0.15) is 0 Å². The van der Waals surface area contributed by atoms with Crippen molar-refractivity contribution >= 4 is 28.6 Å². The molecule has 2 aromatic rings. The summed E-state index contributed by atoms with van der Waals surface area (Å²) in [6.45, 7) is 0. The number of ketones is 1. The minimum absolute atomic E-state index is 0.0557. The molecule has 7 nitrogen and oxygen atoms in total. The molecule has 3 rings (SSSR count). The third-order valence-corrected chi connectivity index (χ3v) is 4.91. The zero-order valence-electron chi connectivity index (χ0n) is 16.3. The van der Waals surface area contributed by atoms with Crippen LogP contribution in [-0.4, -0.2) is 48.5 Å². The third-order valence-electron chi connectivity index (χ3n) is 4.91. The second-order valence-electron chi connectivity index (χ2n) is 6.64. The van der Waals surface area contributed by atoms with E-state index in [4.69, 9.17) is 9.47 Å². The Morgan fingerprint density at radius 1 is 0.964 bits per heavy atom. The van der Waals surface area contributed by atoms with E-state index in [0.29, 0.717) is 5.69 Å². The molecule has 146 valence electrons. The zero-order valence-corrected chi connectivity index (χ0v) is 16.3. The van der Waals surface area contributed by atoms with Crippen LogP contribution < -0.4 is 0 Å². The van der Waals surface area contributed by atoms with Crippen molar-refractivity contribution in [2.45, 2.75) is 6.42 Å². The topological polar surface area (TPSA) is 77.8 Å². The van der Waals surface area contributed by atoms with Gasteiger partial charge < -0.3 is 18.9 Å². The molecule has 1 aliphatic rings. The molecule has 0 aliphatic carbocycles. The molecule has 0 N–H and O–H groups in total.